The highest BCUT2D eigenvalue weighted by Crippen LogP contribution is 2.68. The summed E-state index contributed by atoms with van der Waals surface area (Å²) in [6, 6.07) is 0. The van der Waals surface area contributed by atoms with Crippen molar-refractivity contribution in [3.63, 3.8) is 0 Å². The van der Waals surface area contributed by atoms with Gasteiger partial charge in [0, 0.05) is 0 Å². The van der Waals surface area contributed by atoms with Gasteiger partial charge in [-0.2, -0.15) is 0 Å². The Balaban J connectivity index is 2.07. The molecule has 0 saturated heterocycles. The Kier molecular flexibility index (Phi) is 4.72. The largest absolute Gasteiger partial charge is 0.459 e. The molecule has 0 radical (unpaired) electrons. The van der Waals surface area contributed by atoms with Gasteiger partial charge < -0.3 is 4.74 Å². The quantitative estimate of drug-likeness (QED) is 0.594. The zero-order chi connectivity index (χ0) is 17.7. The molecular weight excluding hydrogens is 284 g/mol. The van der Waals surface area contributed by atoms with Crippen LogP contribution >= 0.6 is 0 Å². The molecule has 2 fully saturated rings. The van der Waals surface area contributed by atoms with Gasteiger partial charge in [0.1, 0.15) is 5.60 Å². The van der Waals surface area contributed by atoms with Gasteiger partial charge in [0.15, 0.2) is 0 Å². The van der Waals surface area contributed by atoms with Crippen LogP contribution in [0.2, 0.25) is 0 Å². The molecule has 2 saturated carbocycles. The van der Waals surface area contributed by atoms with Crippen molar-refractivity contribution in [1.29, 1.82) is 0 Å². The summed E-state index contributed by atoms with van der Waals surface area (Å²) >= 11 is 0. The number of carbonyl (C=O) groups excluding carboxylic acids is 1. The van der Waals surface area contributed by atoms with Crippen molar-refractivity contribution in [2.75, 3.05) is 0 Å². The molecule has 0 amide bonds. The van der Waals surface area contributed by atoms with E-state index in [9.17, 15) is 4.79 Å². The first-order chi connectivity index (χ1) is 10.3. The summed E-state index contributed by atoms with van der Waals surface area (Å²) in [7, 11) is 0. The van der Waals surface area contributed by atoms with Gasteiger partial charge in [-0.1, -0.05) is 54.4 Å². The monoisotopic (exact) mass is 322 g/mol. The van der Waals surface area contributed by atoms with Crippen molar-refractivity contribution in [2.24, 2.45) is 28.1 Å². The predicted octanol–water partition coefficient (Wildman–Crippen LogP) is 5.99. The predicted molar refractivity (Wildman–Crippen MR) is 96.2 cm³/mol. The van der Waals surface area contributed by atoms with E-state index in [2.05, 4.69) is 55.4 Å². The van der Waals surface area contributed by atoms with Crippen molar-refractivity contribution in [3.8, 4) is 0 Å². The minimum Gasteiger partial charge on any atom is -0.459 e. The number of ether oxygens (including phenoxy) is 1. The fourth-order valence-electron chi connectivity index (χ4n) is 4.71. The number of carbonyl (C=O) groups is 1. The van der Waals surface area contributed by atoms with E-state index in [1.54, 1.807) is 0 Å². The standard InChI is InChI=1S/C21H38O2/c1-15-9-11-16(12-10-15)20(7,8)23-17(22)21(13-18(2,3)4)14-19(21,5)6/h15-16H,9-14H2,1-8H3. The molecule has 2 rings (SSSR count). The second-order valence-corrected chi connectivity index (χ2v) is 10.8. The maximum absolute atomic E-state index is 13.1. The lowest BCUT2D eigenvalue weighted by atomic mass is 9.75. The molecule has 2 heteroatoms. The Bertz CT molecular complexity index is 447. The van der Waals surface area contributed by atoms with Gasteiger partial charge in [-0.25, -0.2) is 0 Å². The van der Waals surface area contributed by atoms with Crippen molar-refractivity contribution in [3.05, 3.63) is 0 Å². The summed E-state index contributed by atoms with van der Waals surface area (Å²) in [5.41, 5.74) is -0.378. The average molecular weight is 323 g/mol. The topological polar surface area (TPSA) is 26.3 Å². The number of hydrogen-bond acceptors (Lipinski definition) is 2. The van der Waals surface area contributed by atoms with Crippen LogP contribution in [-0.4, -0.2) is 11.6 Å². The van der Waals surface area contributed by atoms with E-state index in [0.29, 0.717) is 5.92 Å². The lowest BCUT2D eigenvalue weighted by molar-refractivity contribution is -0.173. The van der Waals surface area contributed by atoms with Crippen LogP contribution in [0.5, 0.6) is 0 Å². The van der Waals surface area contributed by atoms with Gasteiger partial charge in [0.2, 0.25) is 0 Å². The first-order valence-electron chi connectivity index (χ1n) is 9.53. The van der Waals surface area contributed by atoms with E-state index in [4.69, 9.17) is 4.74 Å². The lowest BCUT2D eigenvalue weighted by Crippen LogP contribution is -2.42. The molecule has 0 bridgehead atoms. The smallest absolute Gasteiger partial charge is 0.313 e. The Morgan fingerprint density at radius 2 is 1.52 bits per heavy atom. The number of rotatable bonds is 4. The first kappa shape index (κ1) is 18.8. The summed E-state index contributed by atoms with van der Waals surface area (Å²) < 4.78 is 6.18. The Labute approximate surface area is 143 Å². The third kappa shape index (κ3) is 3.94. The molecular formula is C21H38O2. The molecule has 2 aliphatic carbocycles. The summed E-state index contributed by atoms with van der Waals surface area (Å²) in [4.78, 5) is 13.1. The average Bonchev–Trinajstić information content (AvgIpc) is 2.89. The molecule has 0 aromatic carbocycles. The fourth-order valence-corrected chi connectivity index (χ4v) is 4.71. The molecule has 0 heterocycles. The van der Waals surface area contributed by atoms with E-state index >= 15 is 0 Å². The summed E-state index contributed by atoms with van der Waals surface area (Å²) in [6.45, 7) is 17.7. The molecule has 23 heavy (non-hydrogen) atoms. The summed E-state index contributed by atoms with van der Waals surface area (Å²) in [5.74, 6) is 1.39. The highest BCUT2D eigenvalue weighted by Gasteiger charge is 2.68. The second-order valence-electron chi connectivity index (χ2n) is 10.8. The molecule has 0 aromatic heterocycles. The van der Waals surface area contributed by atoms with E-state index in [-0.39, 0.29) is 27.8 Å². The summed E-state index contributed by atoms with van der Waals surface area (Å²) in [6.07, 6.45) is 6.81. The minimum absolute atomic E-state index is 0.0565. The van der Waals surface area contributed by atoms with Crippen LogP contribution in [0.15, 0.2) is 0 Å². The maximum Gasteiger partial charge on any atom is 0.313 e. The third-order valence-electron chi connectivity index (χ3n) is 6.49. The minimum atomic E-state index is -0.333. The SMILES string of the molecule is CC1CCC(C(C)(C)OC(=O)C2(CC(C)(C)C)CC2(C)C)CC1. The van der Waals surface area contributed by atoms with Crippen LogP contribution in [0.3, 0.4) is 0 Å². The van der Waals surface area contributed by atoms with Gasteiger partial charge in [-0.3, -0.25) is 4.79 Å². The maximum atomic E-state index is 13.1. The van der Waals surface area contributed by atoms with Gasteiger partial charge >= 0.3 is 5.97 Å². The third-order valence-corrected chi connectivity index (χ3v) is 6.49. The van der Waals surface area contributed by atoms with E-state index < -0.39 is 0 Å². The zero-order valence-electron chi connectivity index (χ0n) is 16.7. The van der Waals surface area contributed by atoms with Gasteiger partial charge in [-0.05, 0) is 62.2 Å². The van der Waals surface area contributed by atoms with Crippen LogP contribution in [0.4, 0.5) is 0 Å². The molecule has 2 aliphatic rings. The van der Waals surface area contributed by atoms with Crippen LogP contribution in [0.25, 0.3) is 0 Å². The zero-order valence-corrected chi connectivity index (χ0v) is 16.7. The van der Waals surface area contributed by atoms with Crippen molar-refractivity contribution >= 4 is 5.97 Å². The van der Waals surface area contributed by atoms with Crippen LogP contribution in [0.1, 0.15) is 93.9 Å². The fraction of sp³-hybridized carbons (Fsp3) is 0.952. The number of hydrogen-bond donors (Lipinski definition) is 0. The molecule has 1 atom stereocenters. The van der Waals surface area contributed by atoms with Crippen LogP contribution in [0, 0.1) is 28.1 Å². The van der Waals surface area contributed by atoms with E-state index in [0.717, 1.165) is 18.8 Å². The molecule has 0 spiro atoms. The van der Waals surface area contributed by atoms with Crippen LogP contribution < -0.4 is 0 Å². The first-order valence-corrected chi connectivity index (χ1v) is 9.53. The lowest BCUT2D eigenvalue weighted by Gasteiger charge is -2.40. The normalized spacial score (nSPS) is 34.1. The van der Waals surface area contributed by atoms with Crippen LogP contribution in [-0.2, 0) is 9.53 Å². The Morgan fingerprint density at radius 1 is 1.04 bits per heavy atom. The van der Waals surface area contributed by atoms with Crippen molar-refractivity contribution in [1.82, 2.24) is 0 Å². The summed E-state index contributed by atoms with van der Waals surface area (Å²) in [5, 5.41) is 0. The van der Waals surface area contributed by atoms with E-state index in [1.807, 2.05) is 0 Å². The number of esters is 1. The molecule has 0 aromatic rings. The molecule has 1 unspecified atom stereocenters. The second kappa shape index (κ2) is 5.77. The van der Waals surface area contributed by atoms with Crippen molar-refractivity contribution in [2.45, 2.75) is 99.5 Å². The highest BCUT2D eigenvalue weighted by atomic mass is 16.6. The Hall–Kier alpha value is -0.530. The molecule has 2 nitrogen and oxygen atoms in total. The molecule has 134 valence electrons. The molecule has 0 N–H and O–H groups in total. The van der Waals surface area contributed by atoms with Crippen molar-refractivity contribution < 1.29 is 9.53 Å². The van der Waals surface area contributed by atoms with E-state index in [1.165, 1.54) is 25.7 Å². The Morgan fingerprint density at radius 3 is 1.91 bits per heavy atom. The highest BCUT2D eigenvalue weighted by molar-refractivity contribution is 5.82. The van der Waals surface area contributed by atoms with Gasteiger partial charge in [0.25, 0.3) is 0 Å². The molecule has 0 aliphatic heterocycles. The van der Waals surface area contributed by atoms with Gasteiger partial charge in [-0.15, -0.1) is 0 Å². The van der Waals surface area contributed by atoms with Gasteiger partial charge in [0.05, 0.1) is 5.41 Å².